The van der Waals surface area contributed by atoms with E-state index in [2.05, 4.69) is 31.8 Å². The van der Waals surface area contributed by atoms with Gasteiger partial charge in [0.05, 0.1) is 19.2 Å². The van der Waals surface area contributed by atoms with E-state index in [1.54, 1.807) is 44.4 Å². The van der Waals surface area contributed by atoms with E-state index >= 15 is 0 Å². The van der Waals surface area contributed by atoms with Crippen LogP contribution in [0.2, 0.25) is 0 Å². The van der Waals surface area contributed by atoms with Gasteiger partial charge >= 0.3 is 0 Å². The van der Waals surface area contributed by atoms with E-state index in [4.69, 9.17) is 4.74 Å². The minimum absolute atomic E-state index is 0.0533. The Morgan fingerprint density at radius 3 is 2.50 bits per heavy atom. The molecular formula is C19H20BrN3O3. The smallest absolute Gasteiger partial charge is 0.271 e. The second-order valence-electron chi connectivity index (χ2n) is 5.72. The molecule has 0 saturated carbocycles. The second-order valence-corrected chi connectivity index (χ2v) is 6.64. The number of ether oxygens (including phenoxy) is 1. The Bertz CT molecular complexity index is 832. The van der Waals surface area contributed by atoms with Gasteiger partial charge in [0.25, 0.3) is 5.91 Å². The molecule has 0 aliphatic heterocycles. The molecule has 2 amide bonds. The van der Waals surface area contributed by atoms with Crippen molar-refractivity contribution in [3.05, 3.63) is 58.1 Å². The van der Waals surface area contributed by atoms with Crippen molar-refractivity contribution in [3.63, 3.8) is 0 Å². The summed E-state index contributed by atoms with van der Waals surface area (Å²) in [5, 5.41) is 6.77. The molecule has 0 radical (unpaired) electrons. The van der Waals surface area contributed by atoms with Gasteiger partial charge in [-0.15, -0.1) is 0 Å². The molecule has 0 aromatic heterocycles. The summed E-state index contributed by atoms with van der Waals surface area (Å²) in [6.07, 6.45) is 0.0533. The molecule has 7 heteroatoms. The maximum Gasteiger partial charge on any atom is 0.271 e. The number of hydrogen-bond donors (Lipinski definition) is 2. The van der Waals surface area contributed by atoms with E-state index in [0.29, 0.717) is 22.7 Å². The van der Waals surface area contributed by atoms with Crippen LogP contribution in [0, 0.1) is 6.92 Å². The van der Waals surface area contributed by atoms with Gasteiger partial charge in [-0.1, -0.05) is 22.0 Å². The minimum Gasteiger partial charge on any atom is -0.495 e. The number of nitrogens with one attached hydrogen (secondary N) is 2. The molecule has 0 aliphatic carbocycles. The van der Waals surface area contributed by atoms with Crippen molar-refractivity contribution in [1.29, 1.82) is 0 Å². The number of halogens is 1. The number of anilines is 1. The molecule has 6 nitrogen and oxygen atoms in total. The first-order chi connectivity index (χ1) is 12.4. The van der Waals surface area contributed by atoms with Gasteiger partial charge in [0.2, 0.25) is 5.91 Å². The predicted octanol–water partition coefficient (Wildman–Crippen LogP) is 3.90. The molecule has 0 fully saturated rings. The summed E-state index contributed by atoms with van der Waals surface area (Å²) in [6, 6.07) is 12.4. The number of hydrogen-bond acceptors (Lipinski definition) is 4. The van der Waals surface area contributed by atoms with Gasteiger partial charge in [0, 0.05) is 15.7 Å². The maximum atomic E-state index is 12.2. The normalized spacial score (nSPS) is 11.0. The van der Waals surface area contributed by atoms with E-state index in [1.807, 2.05) is 19.1 Å². The number of methoxy groups -OCH3 is 1. The number of benzene rings is 2. The van der Waals surface area contributed by atoms with Gasteiger partial charge in [0.15, 0.2) is 0 Å². The summed E-state index contributed by atoms with van der Waals surface area (Å²) in [7, 11) is 1.55. The molecule has 2 aromatic rings. The van der Waals surface area contributed by atoms with Crippen molar-refractivity contribution in [2.24, 2.45) is 5.10 Å². The third kappa shape index (κ3) is 5.70. The molecule has 0 bridgehead atoms. The van der Waals surface area contributed by atoms with E-state index in [9.17, 15) is 9.59 Å². The molecule has 26 heavy (non-hydrogen) atoms. The monoisotopic (exact) mass is 417 g/mol. The number of amides is 2. The fraction of sp³-hybridized carbons (Fsp3) is 0.211. The molecule has 136 valence electrons. The molecule has 0 saturated heterocycles. The van der Waals surface area contributed by atoms with Crippen molar-refractivity contribution in [2.45, 2.75) is 20.3 Å². The van der Waals surface area contributed by atoms with Gasteiger partial charge in [0.1, 0.15) is 5.75 Å². The zero-order valence-corrected chi connectivity index (χ0v) is 16.4. The third-order valence-electron chi connectivity index (χ3n) is 3.50. The zero-order chi connectivity index (χ0) is 19.1. The Morgan fingerprint density at radius 2 is 1.85 bits per heavy atom. The van der Waals surface area contributed by atoms with Crippen LogP contribution >= 0.6 is 15.9 Å². The van der Waals surface area contributed by atoms with Crippen molar-refractivity contribution in [1.82, 2.24) is 5.43 Å². The summed E-state index contributed by atoms with van der Waals surface area (Å²) in [5.41, 5.74) is 5.03. The first kappa shape index (κ1) is 19.7. The lowest BCUT2D eigenvalue weighted by molar-refractivity contribution is -0.115. The highest BCUT2D eigenvalue weighted by Crippen LogP contribution is 2.25. The van der Waals surface area contributed by atoms with Crippen LogP contribution in [0.5, 0.6) is 5.75 Å². The van der Waals surface area contributed by atoms with Gasteiger partial charge < -0.3 is 10.1 Å². The van der Waals surface area contributed by atoms with Crippen LogP contribution < -0.4 is 15.5 Å². The van der Waals surface area contributed by atoms with Gasteiger partial charge in [-0.05, 0) is 55.8 Å². The highest BCUT2D eigenvalue weighted by Gasteiger charge is 2.10. The lowest BCUT2D eigenvalue weighted by Crippen LogP contribution is -2.21. The second kappa shape index (κ2) is 9.15. The van der Waals surface area contributed by atoms with Gasteiger partial charge in [-0.25, -0.2) is 5.43 Å². The first-order valence-corrected chi connectivity index (χ1v) is 8.72. The van der Waals surface area contributed by atoms with E-state index < -0.39 is 0 Å². The molecule has 0 aliphatic rings. The fourth-order valence-corrected chi connectivity index (χ4v) is 2.46. The van der Waals surface area contributed by atoms with Crippen molar-refractivity contribution in [3.8, 4) is 5.75 Å². The largest absolute Gasteiger partial charge is 0.495 e. The summed E-state index contributed by atoms with van der Waals surface area (Å²) in [4.78, 5) is 24.2. The summed E-state index contributed by atoms with van der Waals surface area (Å²) < 4.78 is 6.12. The number of hydrazone groups is 1. The zero-order valence-electron chi connectivity index (χ0n) is 14.8. The Balaban J connectivity index is 1.94. The van der Waals surface area contributed by atoms with E-state index in [1.165, 1.54) is 0 Å². The van der Waals surface area contributed by atoms with E-state index in [-0.39, 0.29) is 18.2 Å². The highest BCUT2D eigenvalue weighted by atomic mass is 79.9. The lowest BCUT2D eigenvalue weighted by atomic mass is 10.2. The molecule has 0 unspecified atom stereocenters. The topological polar surface area (TPSA) is 79.8 Å². The van der Waals surface area contributed by atoms with Crippen LogP contribution in [0.1, 0.15) is 29.3 Å². The summed E-state index contributed by atoms with van der Waals surface area (Å²) in [5.74, 6) is 0.00716. The molecule has 2 aromatic carbocycles. The van der Waals surface area contributed by atoms with Gasteiger partial charge in [-0.2, -0.15) is 5.10 Å². The van der Waals surface area contributed by atoms with Crippen molar-refractivity contribution in [2.75, 3.05) is 12.4 Å². The van der Waals surface area contributed by atoms with E-state index in [0.717, 1.165) is 10.0 Å². The number of aryl methyl sites for hydroxylation is 1. The summed E-state index contributed by atoms with van der Waals surface area (Å²) >= 11 is 3.31. The Hall–Kier alpha value is -2.67. The summed E-state index contributed by atoms with van der Waals surface area (Å²) in [6.45, 7) is 3.61. The van der Waals surface area contributed by atoms with Crippen molar-refractivity contribution < 1.29 is 14.3 Å². The Morgan fingerprint density at radius 1 is 1.15 bits per heavy atom. The molecule has 2 rings (SSSR count). The predicted molar refractivity (Wildman–Crippen MR) is 106 cm³/mol. The first-order valence-electron chi connectivity index (χ1n) is 7.92. The Kier molecular flexibility index (Phi) is 6.91. The van der Waals surface area contributed by atoms with Crippen molar-refractivity contribution >= 4 is 39.1 Å². The average Bonchev–Trinajstić information content (AvgIpc) is 2.60. The molecule has 2 N–H and O–H groups in total. The molecule has 0 heterocycles. The van der Waals surface area contributed by atoms with Crippen LogP contribution in [0.15, 0.2) is 52.0 Å². The number of carbonyl (C=O) groups is 2. The number of carbonyl (C=O) groups excluding carboxylic acids is 2. The fourth-order valence-electron chi connectivity index (χ4n) is 2.20. The van der Waals surface area contributed by atoms with Crippen LogP contribution in [0.4, 0.5) is 5.69 Å². The standard InChI is InChI=1S/C19H20BrN3O3/c1-12-4-9-17(26-3)16(10-12)21-18(24)11-13(2)22-23-19(25)14-5-7-15(20)8-6-14/h4-10H,11H2,1-3H3,(H,21,24)(H,23,25)/b22-13-. The maximum absolute atomic E-state index is 12.2. The number of rotatable bonds is 6. The lowest BCUT2D eigenvalue weighted by Gasteiger charge is -2.11. The number of nitrogens with zero attached hydrogens (tertiary/aromatic N) is 1. The molecule has 0 spiro atoms. The van der Waals surface area contributed by atoms with Crippen LogP contribution in [-0.2, 0) is 4.79 Å². The molecule has 0 atom stereocenters. The quantitative estimate of drug-likeness (QED) is 0.552. The molecular weight excluding hydrogens is 398 g/mol. The SMILES string of the molecule is COc1ccc(C)cc1NC(=O)C/C(C)=N\NC(=O)c1ccc(Br)cc1. The minimum atomic E-state index is -0.336. The van der Waals surface area contributed by atoms with Crippen LogP contribution in [0.25, 0.3) is 0 Å². The highest BCUT2D eigenvalue weighted by molar-refractivity contribution is 9.10. The van der Waals surface area contributed by atoms with Crippen LogP contribution in [-0.4, -0.2) is 24.6 Å². The Labute approximate surface area is 160 Å². The van der Waals surface area contributed by atoms with Gasteiger partial charge in [-0.3, -0.25) is 9.59 Å². The average molecular weight is 418 g/mol. The third-order valence-corrected chi connectivity index (χ3v) is 4.03. The van der Waals surface area contributed by atoms with Crippen LogP contribution in [0.3, 0.4) is 0 Å².